The Kier molecular flexibility index (Phi) is 3.98. The van der Waals surface area contributed by atoms with E-state index in [1.165, 1.54) is 4.90 Å². The molecule has 2 aliphatic rings. The number of hydrogen-bond donors (Lipinski definition) is 0. The van der Waals surface area contributed by atoms with E-state index in [2.05, 4.69) is 10.0 Å². The van der Waals surface area contributed by atoms with Gasteiger partial charge in [0, 0.05) is 22.6 Å². The Morgan fingerprint density at radius 3 is 2.95 bits per heavy atom. The molecule has 1 heterocycles. The van der Waals surface area contributed by atoms with Gasteiger partial charge < -0.3 is 4.74 Å². The SMILES string of the molecule is [N-]=[N+]=NCC1CN(c2ccc3c(c2)CCCCC3=O)C(=O)O1. The molecular formula is C15H16N4O3. The molecule has 0 N–H and O–H groups in total. The fraction of sp³-hybridized carbons (Fsp3) is 0.467. The molecule has 1 aromatic rings. The lowest BCUT2D eigenvalue weighted by Crippen LogP contribution is -2.25. The van der Waals surface area contributed by atoms with E-state index in [4.69, 9.17) is 10.3 Å². The fourth-order valence-electron chi connectivity index (χ4n) is 2.92. The van der Waals surface area contributed by atoms with E-state index in [1.807, 2.05) is 6.07 Å². The molecule has 1 amide bonds. The van der Waals surface area contributed by atoms with Crippen molar-refractivity contribution in [1.29, 1.82) is 0 Å². The Morgan fingerprint density at radius 1 is 1.32 bits per heavy atom. The van der Waals surface area contributed by atoms with Gasteiger partial charge in [0.05, 0.1) is 13.1 Å². The molecular weight excluding hydrogens is 284 g/mol. The first kappa shape index (κ1) is 14.4. The fourth-order valence-corrected chi connectivity index (χ4v) is 2.92. The van der Waals surface area contributed by atoms with Crippen molar-refractivity contribution in [3.05, 3.63) is 39.8 Å². The Morgan fingerprint density at radius 2 is 2.14 bits per heavy atom. The second-order valence-corrected chi connectivity index (χ2v) is 5.50. The molecule has 1 aromatic carbocycles. The highest BCUT2D eigenvalue weighted by molar-refractivity contribution is 5.99. The predicted molar refractivity (Wildman–Crippen MR) is 80.0 cm³/mol. The van der Waals surface area contributed by atoms with Crippen molar-refractivity contribution in [3.63, 3.8) is 0 Å². The third-order valence-corrected chi connectivity index (χ3v) is 4.02. The smallest absolute Gasteiger partial charge is 0.414 e. The normalized spacial score (nSPS) is 20.9. The molecule has 7 heteroatoms. The minimum absolute atomic E-state index is 0.127. The van der Waals surface area contributed by atoms with Gasteiger partial charge in [-0.3, -0.25) is 9.69 Å². The average molecular weight is 300 g/mol. The minimum Gasteiger partial charge on any atom is -0.444 e. The van der Waals surface area contributed by atoms with E-state index >= 15 is 0 Å². The van der Waals surface area contributed by atoms with E-state index in [-0.39, 0.29) is 12.3 Å². The summed E-state index contributed by atoms with van der Waals surface area (Å²) in [4.78, 5) is 28.2. The van der Waals surface area contributed by atoms with Gasteiger partial charge >= 0.3 is 6.09 Å². The number of cyclic esters (lactones) is 1. The molecule has 0 saturated carbocycles. The first-order chi connectivity index (χ1) is 10.7. The monoisotopic (exact) mass is 300 g/mol. The predicted octanol–water partition coefficient (Wildman–Crippen LogP) is 3.23. The maximum absolute atomic E-state index is 12.0. The Hall–Kier alpha value is -2.53. The number of nitrogens with zero attached hydrogens (tertiary/aromatic N) is 4. The molecule has 1 unspecified atom stereocenters. The number of benzene rings is 1. The maximum Gasteiger partial charge on any atom is 0.414 e. The Labute approximate surface area is 127 Å². The molecule has 1 aliphatic heterocycles. The number of ketones is 1. The van der Waals surface area contributed by atoms with Gasteiger partial charge in [0.25, 0.3) is 0 Å². The van der Waals surface area contributed by atoms with E-state index in [1.54, 1.807) is 12.1 Å². The van der Waals surface area contributed by atoms with E-state index < -0.39 is 12.2 Å². The van der Waals surface area contributed by atoms with Gasteiger partial charge in [0.2, 0.25) is 0 Å². The summed E-state index contributed by atoms with van der Waals surface area (Å²) in [6, 6.07) is 5.47. The number of amides is 1. The van der Waals surface area contributed by atoms with Crippen LogP contribution in [0.15, 0.2) is 23.3 Å². The van der Waals surface area contributed by atoms with Crippen LogP contribution >= 0.6 is 0 Å². The average Bonchev–Trinajstić information content (AvgIpc) is 2.79. The van der Waals surface area contributed by atoms with Crippen molar-refractivity contribution >= 4 is 17.6 Å². The summed E-state index contributed by atoms with van der Waals surface area (Å²) in [7, 11) is 0. The zero-order valence-corrected chi connectivity index (χ0v) is 12.1. The van der Waals surface area contributed by atoms with Gasteiger partial charge in [-0.05, 0) is 48.6 Å². The first-order valence-electron chi connectivity index (χ1n) is 7.34. The molecule has 1 fully saturated rings. The summed E-state index contributed by atoms with van der Waals surface area (Å²) in [6.45, 7) is 0.479. The van der Waals surface area contributed by atoms with E-state index in [0.29, 0.717) is 13.0 Å². The molecule has 0 aromatic heterocycles. The first-order valence-corrected chi connectivity index (χ1v) is 7.34. The number of anilines is 1. The lowest BCUT2D eigenvalue weighted by atomic mass is 10.0. The van der Waals surface area contributed by atoms with Crippen LogP contribution in [0.5, 0.6) is 0 Å². The molecule has 22 heavy (non-hydrogen) atoms. The highest BCUT2D eigenvalue weighted by Gasteiger charge is 2.32. The van der Waals surface area contributed by atoms with Crippen LogP contribution in [0.25, 0.3) is 10.4 Å². The summed E-state index contributed by atoms with van der Waals surface area (Å²) < 4.78 is 5.18. The van der Waals surface area contributed by atoms with Crippen LogP contribution in [-0.2, 0) is 11.2 Å². The van der Waals surface area contributed by atoms with E-state index in [0.717, 1.165) is 36.1 Å². The van der Waals surface area contributed by atoms with Gasteiger partial charge in [0.15, 0.2) is 5.78 Å². The van der Waals surface area contributed by atoms with Crippen LogP contribution in [0.2, 0.25) is 0 Å². The van der Waals surface area contributed by atoms with Crippen molar-refractivity contribution in [2.75, 3.05) is 18.0 Å². The third kappa shape index (κ3) is 2.76. The highest BCUT2D eigenvalue weighted by atomic mass is 16.6. The number of carbonyl (C=O) groups excluding carboxylic acids is 2. The van der Waals surface area contributed by atoms with Crippen molar-refractivity contribution in [1.82, 2.24) is 0 Å². The number of carbonyl (C=O) groups is 2. The lowest BCUT2D eigenvalue weighted by molar-refractivity contribution is 0.0982. The second-order valence-electron chi connectivity index (χ2n) is 5.50. The van der Waals surface area contributed by atoms with Gasteiger partial charge in [0.1, 0.15) is 6.10 Å². The molecule has 0 radical (unpaired) electrons. The second kappa shape index (κ2) is 6.07. The lowest BCUT2D eigenvalue weighted by Gasteiger charge is -2.15. The summed E-state index contributed by atoms with van der Waals surface area (Å²) in [5, 5.41) is 3.44. The number of hydrogen-bond acceptors (Lipinski definition) is 4. The Balaban J connectivity index is 1.83. The molecule has 7 nitrogen and oxygen atoms in total. The van der Waals surface area contributed by atoms with Gasteiger partial charge in [-0.15, -0.1) is 0 Å². The molecule has 0 bridgehead atoms. The molecule has 0 spiro atoms. The quantitative estimate of drug-likeness (QED) is 0.371. The summed E-state index contributed by atoms with van der Waals surface area (Å²) in [5.41, 5.74) is 10.8. The zero-order valence-electron chi connectivity index (χ0n) is 12.1. The van der Waals surface area contributed by atoms with Gasteiger partial charge in [-0.1, -0.05) is 5.11 Å². The summed E-state index contributed by atoms with van der Waals surface area (Å²) >= 11 is 0. The summed E-state index contributed by atoms with van der Waals surface area (Å²) in [6.07, 6.45) is 2.45. The molecule has 1 saturated heterocycles. The van der Waals surface area contributed by atoms with Crippen molar-refractivity contribution in [2.24, 2.45) is 5.11 Å². The molecule has 1 aliphatic carbocycles. The number of aryl methyl sites for hydroxylation is 1. The van der Waals surface area contributed by atoms with Gasteiger partial charge in [-0.25, -0.2) is 4.79 Å². The highest BCUT2D eigenvalue weighted by Crippen LogP contribution is 2.28. The number of rotatable bonds is 3. The van der Waals surface area contributed by atoms with Crippen LogP contribution in [0.1, 0.15) is 35.2 Å². The number of Topliss-reactive ketones (excluding diaryl/α,β-unsaturated/α-hetero) is 1. The van der Waals surface area contributed by atoms with Crippen molar-refractivity contribution in [2.45, 2.75) is 31.8 Å². The largest absolute Gasteiger partial charge is 0.444 e. The number of fused-ring (bicyclic) bond motifs is 1. The van der Waals surface area contributed by atoms with E-state index in [9.17, 15) is 9.59 Å². The van der Waals surface area contributed by atoms with Crippen molar-refractivity contribution < 1.29 is 14.3 Å². The van der Waals surface area contributed by atoms with Crippen LogP contribution in [0, 0.1) is 0 Å². The molecule has 3 rings (SSSR count). The number of ether oxygens (including phenoxy) is 1. The summed E-state index contributed by atoms with van der Waals surface area (Å²) in [5.74, 6) is 0.171. The topological polar surface area (TPSA) is 95.4 Å². The van der Waals surface area contributed by atoms with Crippen molar-refractivity contribution in [3.8, 4) is 0 Å². The standard InChI is InChI=1S/C15H16N4O3/c16-18-17-8-12-9-19(15(21)22-12)11-5-6-13-10(7-11)3-1-2-4-14(13)20/h5-7,12H,1-4,8-9H2. The van der Waals surface area contributed by atoms with Crippen LogP contribution < -0.4 is 4.90 Å². The van der Waals surface area contributed by atoms with Crippen LogP contribution in [0.4, 0.5) is 10.5 Å². The molecule has 114 valence electrons. The zero-order chi connectivity index (χ0) is 15.5. The maximum atomic E-state index is 12.0. The van der Waals surface area contributed by atoms with Crippen LogP contribution in [0.3, 0.4) is 0 Å². The minimum atomic E-state index is -0.446. The third-order valence-electron chi connectivity index (χ3n) is 4.02. The van der Waals surface area contributed by atoms with Crippen LogP contribution in [-0.4, -0.2) is 31.1 Å². The Bertz CT molecular complexity index is 667. The van der Waals surface area contributed by atoms with Gasteiger partial charge in [-0.2, -0.15) is 0 Å². The molecule has 1 atom stereocenters. The number of azide groups is 1.